The minimum atomic E-state index is -0.0655. The Hall–Kier alpha value is -2.19. The molecule has 1 aliphatic heterocycles. The molecular weight excluding hydrogens is 358 g/mol. The third kappa shape index (κ3) is 7.82. The van der Waals surface area contributed by atoms with Gasteiger partial charge in [0.1, 0.15) is 5.82 Å². The normalized spacial score (nSPS) is 15.5. The van der Waals surface area contributed by atoms with Crippen LogP contribution in [0.2, 0.25) is 0 Å². The first-order chi connectivity index (χ1) is 13.6. The van der Waals surface area contributed by atoms with Crippen molar-refractivity contribution in [3.8, 4) is 0 Å². The summed E-state index contributed by atoms with van der Waals surface area (Å²) < 4.78 is 10.9. The van der Waals surface area contributed by atoms with Crippen LogP contribution in [0.25, 0.3) is 0 Å². The number of rotatable bonds is 9. The van der Waals surface area contributed by atoms with Crippen molar-refractivity contribution in [2.45, 2.75) is 38.7 Å². The van der Waals surface area contributed by atoms with Crippen molar-refractivity contribution in [2.24, 2.45) is 4.99 Å². The van der Waals surface area contributed by atoms with Crippen LogP contribution in [0.15, 0.2) is 23.2 Å². The number of guanidine groups is 1. The first-order valence-electron chi connectivity index (χ1n) is 9.92. The van der Waals surface area contributed by atoms with Crippen molar-refractivity contribution in [1.82, 2.24) is 15.2 Å². The van der Waals surface area contributed by atoms with Gasteiger partial charge in [0, 0.05) is 59.1 Å². The lowest BCUT2D eigenvalue weighted by Gasteiger charge is -2.34. The molecule has 0 saturated carbocycles. The molecule has 0 radical (unpaired) electrons. The molecule has 0 bridgehead atoms. The van der Waals surface area contributed by atoms with Crippen LogP contribution in [0.3, 0.4) is 0 Å². The number of nitrogens with one attached hydrogen (secondary N) is 2. The van der Waals surface area contributed by atoms with Gasteiger partial charge in [-0.15, -0.1) is 0 Å². The smallest absolute Gasteiger partial charge is 0.227 e. The van der Waals surface area contributed by atoms with Gasteiger partial charge < -0.3 is 25.0 Å². The Labute approximate surface area is 167 Å². The highest BCUT2D eigenvalue weighted by Gasteiger charge is 2.21. The summed E-state index contributed by atoms with van der Waals surface area (Å²) in [5, 5.41) is 6.10. The van der Waals surface area contributed by atoms with Crippen molar-refractivity contribution < 1.29 is 14.3 Å². The number of amides is 1. The highest BCUT2D eigenvalue weighted by molar-refractivity contribution is 5.90. The topological polar surface area (TPSA) is 88.1 Å². The number of aromatic nitrogens is 1. The molecule has 0 aromatic carbocycles. The van der Waals surface area contributed by atoms with E-state index in [0.29, 0.717) is 24.9 Å². The molecule has 2 rings (SSSR count). The van der Waals surface area contributed by atoms with Crippen LogP contribution in [-0.4, -0.2) is 74.9 Å². The number of hydrogen-bond donors (Lipinski definition) is 2. The first-order valence-corrected chi connectivity index (χ1v) is 9.92. The summed E-state index contributed by atoms with van der Waals surface area (Å²) >= 11 is 0. The standard InChI is InChI=1S/C20H33N5O3/c1-16-6-4-7-18(23-16)24-19(26)8-11-22-20(21-2)25-12-9-17(10-13-25)28-15-5-14-27-3/h4,6-7,17H,5,8-15H2,1-3H3,(H,21,22)(H,23,24,26). The lowest BCUT2D eigenvalue weighted by Crippen LogP contribution is -2.47. The van der Waals surface area contributed by atoms with Crippen molar-refractivity contribution in [3.63, 3.8) is 0 Å². The predicted molar refractivity (Wildman–Crippen MR) is 111 cm³/mol. The summed E-state index contributed by atoms with van der Waals surface area (Å²) in [5.74, 6) is 1.35. The number of nitrogens with zero attached hydrogens (tertiary/aromatic N) is 3. The van der Waals surface area contributed by atoms with E-state index in [1.165, 1.54) is 0 Å². The summed E-state index contributed by atoms with van der Waals surface area (Å²) in [6.45, 7) is 5.70. The number of carbonyl (C=O) groups is 1. The van der Waals surface area contributed by atoms with Gasteiger partial charge in [0.25, 0.3) is 0 Å². The summed E-state index contributed by atoms with van der Waals surface area (Å²) in [6, 6.07) is 5.57. The second kappa shape index (κ2) is 12.3. The van der Waals surface area contributed by atoms with Gasteiger partial charge >= 0.3 is 0 Å². The monoisotopic (exact) mass is 391 g/mol. The van der Waals surface area contributed by atoms with Crippen LogP contribution in [0, 0.1) is 6.92 Å². The van der Waals surface area contributed by atoms with E-state index in [1.54, 1.807) is 20.2 Å². The fourth-order valence-electron chi connectivity index (χ4n) is 3.13. The largest absolute Gasteiger partial charge is 0.385 e. The number of aliphatic imine (C=N–C) groups is 1. The molecule has 1 aromatic rings. The Morgan fingerprint density at radius 3 is 2.79 bits per heavy atom. The second-order valence-electron chi connectivity index (χ2n) is 6.84. The molecule has 8 nitrogen and oxygen atoms in total. The van der Waals surface area contributed by atoms with E-state index in [9.17, 15) is 4.79 Å². The molecule has 0 aliphatic carbocycles. The summed E-state index contributed by atoms with van der Waals surface area (Å²) in [4.78, 5) is 22.9. The van der Waals surface area contributed by atoms with E-state index in [-0.39, 0.29) is 5.91 Å². The Morgan fingerprint density at radius 2 is 2.11 bits per heavy atom. The number of anilines is 1. The van der Waals surface area contributed by atoms with Gasteiger partial charge in [0.15, 0.2) is 5.96 Å². The average Bonchev–Trinajstić information content (AvgIpc) is 2.69. The van der Waals surface area contributed by atoms with Gasteiger partial charge in [0.2, 0.25) is 5.91 Å². The number of pyridine rings is 1. The third-order valence-electron chi connectivity index (χ3n) is 4.59. The quantitative estimate of drug-likeness (QED) is 0.379. The van der Waals surface area contributed by atoms with E-state index in [4.69, 9.17) is 9.47 Å². The van der Waals surface area contributed by atoms with Gasteiger partial charge in [-0.1, -0.05) is 6.07 Å². The van der Waals surface area contributed by atoms with Gasteiger partial charge in [-0.05, 0) is 38.3 Å². The zero-order chi connectivity index (χ0) is 20.2. The molecule has 28 heavy (non-hydrogen) atoms. The van der Waals surface area contributed by atoms with Crippen LogP contribution < -0.4 is 10.6 Å². The number of ether oxygens (including phenoxy) is 2. The summed E-state index contributed by atoms with van der Waals surface area (Å²) in [5.41, 5.74) is 0.877. The maximum atomic E-state index is 12.1. The van der Waals surface area contributed by atoms with Crippen molar-refractivity contribution in [3.05, 3.63) is 23.9 Å². The zero-order valence-electron chi connectivity index (χ0n) is 17.2. The Morgan fingerprint density at radius 1 is 1.32 bits per heavy atom. The molecule has 1 fully saturated rings. The van der Waals surface area contributed by atoms with Crippen molar-refractivity contribution in [2.75, 3.05) is 52.3 Å². The van der Waals surface area contributed by atoms with Crippen LogP contribution in [0.1, 0.15) is 31.4 Å². The Balaban J connectivity index is 1.65. The fraction of sp³-hybridized carbons (Fsp3) is 0.650. The highest BCUT2D eigenvalue weighted by Crippen LogP contribution is 2.14. The number of hydrogen-bond acceptors (Lipinski definition) is 5. The van der Waals surface area contributed by atoms with Crippen LogP contribution in [0.4, 0.5) is 5.82 Å². The molecule has 2 heterocycles. The zero-order valence-corrected chi connectivity index (χ0v) is 17.2. The van der Waals surface area contributed by atoms with Crippen LogP contribution >= 0.6 is 0 Å². The molecule has 0 unspecified atom stereocenters. The van der Waals surface area contributed by atoms with Gasteiger partial charge in [-0.25, -0.2) is 4.98 Å². The number of piperidine rings is 1. The maximum absolute atomic E-state index is 12.1. The molecule has 2 N–H and O–H groups in total. The summed E-state index contributed by atoms with van der Waals surface area (Å²) in [6.07, 6.45) is 3.55. The third-order valence-corrected chi connectivity index (χ3v) is 4.59. The number of aryl methyl sites for hydroxylation is 1. The molecule has 1 aromatic heterocycles. The molecule has 1 amide bonds. The van der Waals surface area contributed by atoms with E-state index in [2.05, 4.69) is 25.5 Å². The average molecular weight is 392 g/mol. The van der Waals surface area contributed by atoms with Crippen LogP contribution in [0.5, 0.6) is 0 Å². The predicted octanol–water partition coefficient (Wildman–Crippen LogP) is 1.81. The lowest BCUT2D eigenvalue weighted by atomic mass is 10.1. The van der Waals surface area contributed by atoms with Gasteiger partial charge in [-0.3, -0.25) is 9.79 Å². The lowest BCUT2D eigenvalue weighted by molar-refractivity contribution is -0.116. The van der Waals surface area contributed by atoms with Crippen LogP contribution in [-0.2, 0) is 14.3 Å². The highest BCUT2D eigenvalue weighted by atomic mass is 16.5. The molecule has 8 heteroatoms. The fourth-order valence-corrected chi connectivity index (χ4v) is 3.13. The molecule has 156 valence electrons. The SMILES string of the molecule is CN=C(NCCC(=O)Nc1cccc(C)n1)N1CCC(OCCCOC)CC1. The number of carbonyl (C=O) groups excluding carboxylic acids is 1. The molecule has 1 aliphatic rings. The van der Waals surface area contributed by atoms with E-state index < -0.39 is 0 Å². The first kappa shape index (κ1) is 22.1. The van der Waals surface area contributed by atoms with Crippen molar-refractivity contribution >= 4 is 17.7 Å². The summed E-state index contributed by atoms with van der Waals surface area (Å²) in [7, 11) is 3.48. The van der Waals surface area contributed by atoms with E-state index in [0.717, 1.165) is 57.2 Å². The van der Waals surface area contributed by atoms with E-state index >= 15 is 0 Å². The minimum absolute atomic E-state index is 0.0655. The molecule has 1 saturated heterocycles. The van der Waals surface area contributed by atoms with Gasteiger partial charge in [0.05, 0.1) is 6.10 Å². The number of methoxy groups -OCH3 is 1. The molecule has 0 atom stereocenters. The minimum Gasteiger partial charge on any atom is -0.385 e. The molecule has 0 spiro atoms. The Bertz CT molecular complexity index is 630. The second-order valence-corrected chi connectivity index (χ2v) is 6.84. The number of likely N-dealkylation sites (tertiary alicyclic amines) is 1. The maximum Gasteiger partial charge on any atom is 0.227 e. The van der Waals surface area contributed by atoms with Gasteiger partial charge in [-0.2, -0.15) is 0 Å². The van der Waals surface area contributed by atoms with Crippen molar-refractivity contribution in [1.29, 1.82) is 0 Å². The Kier molecular flexibility index (Phi) is 9.71. The van der Waals surface area contributed by atoms with E-state index in [1.807, 2.05) is 19.1 Å². The molecular formula is C20H33N5O3.